The normalized spacial score (nSPS) is 12.5. The van der Waals surface area contributed by atoms with Crippen LogP contribution in [-0.2, 0) is 11.3 Å². The number of nitrogens with two attached hydrogens (primary N) is 1. The van der Waals surface area contributed by atoms with Crippen LogP contribution in [0.25, 0.3) is 0 Å². The standard InChI is InChI=1S/C9H16N4O/c1-7(3-10)9(14)13(2)6-8-4-11-12-5-8/h4-5,7H,3,6,10H2,1-2H3,(H,11,12). The largest absolute Gasteiger partial charge is 0.341 e. The van der Waals surface area contributed by atoms with Crippen molar-refractivity contribution in [3.63, 3.8) is 0 Å². The van der Waals surface area contributed by atoms with E-state index >= 15 is 0 Å². The zero-order valence-electron chi connectivity index (χ0n) is 8.53. The van der Waals surface area contributed by atoms with Crippen LogP contribution in [0.3, 0.4) is 0 Å². The first-order valence-electron chi connectivity index (χ1n) is 4.58. The monoisotopic (exact) mass is 196 g/mol. The average molecular weight is 196 g/mol. The highest BCUT2D eigenvalue weighted by Crippen LogP contribution is 2.04. The van der Waals surface area contributed by atoms with E-state index in [4.69, 9.17) is 5.73 Å². The first-order chi connectivity index (χ1) is 6.65. The summed E-state index contributed by atoms with van der Waals surface area (Å²) in [7, 11) is 1.77. The first-order valence-corrected chi connectivity index (χ1v) is 4.58. The molecule has 1 aromatic heterocycles. The summed E-state index contributed by atoms with van der Waals surface area (Å²) >= 11 is 0. The zero-order valence-corrected chi connectivity index (χ0v) is 8.53. The average Bonchev–Trinajstić information content (AvgIpc) is 2.68. The SMILES string of the molecule is CC(CN)C(=O)N(C)Cc1cn[nH]c1. The molecule has 0 aromatic carbocycles. The van der Waals surface area contributed by atoms with Crippen molar-refractivity contribution < 1.29 is 4.79 Å². The van der Waals surface area contributed by atoms with Gasteiger partial charge in [-0.2, -0.15) is 5.10 Å². The van der Waals surface area contributed by atoms with E-state index in [9.17, 15) is 4.79 Å². The van der Waals surface area contributed by atoms with Crippen molar-refractivity contribution in [2.24, 2.45) is 11.7 Å². The van der Waals surface area contributed by atoms with Crippen LogP contribution in [0.15, 0.2) is 12.4 Å². The smallest absolute Gasteiger partial charge is 0.226 e. The third kappa shape index (κ3) is 2.56. The molecule has 1 aromatic rings. The summed E-state index contributed by atoms with van der Waals surface area (Å²) in [5.74, 6) is -0.0550. The fourth-order valence-electron chi connectivity index (χ4n) is 1.19. The van der Waals surface area contributed by atoms with Crippen LogP contribution >= 0.6 is 0 Å². The van der Waals surface area contributed by atoms with Gasteiger partial charge in [-0.1, -0.05) is 6.92 Å². The van der Waals surface area contributed by atoms with Crippen LogP contribution in [0.4, 0.5) is 0 Å². The van der Waals surface area contributed by atoms with E-state index in [0.717, 1.165) is 5.56 Å². The van der Waals surface area contributed by atoms with E-state index in [1.807, 2.05) is 6.92 Å². The van der Waals surface area contributed by atoms with Crippen LogP contribution in [0.1, 0.15) is 12.5 Å². The summed E-state index contributed by atoms with van der Waals surface area (Å²) in [4.78, 5) is 13.3. The Labute approximate surface area is 83.3 Å². The summed E-state index contributed by atoms with van der Waals surface area (Å²) in [6, 6.07) is 0. The van der Waals surface area contributed by atoms with E-state index in [-0.39, 0.29) is 11.8 Å². The van der Waals surface area contributed by atoms with Gasteiger partial charge in [0.25, 0.3) is 0 Å². The minimum atomic E-state index is -0.119. The maximum atomic E-state index is 11.6. The van der Waals surface area contributed by atoms with Crippen LogP contribution < -0.4 is 5.73 Å². The van der Waals surface area contributed by atoms with Gasteiger partial charge in [0, 0.05) is 37.8 Å². The number of carbonyl (C=O) groups is 1. The molecule has 1 heterocycles. The Bertz CT molecular complexity index is 283. The number of amides is 1. The van der Waals surface area contributed by atoms with Gasteiger partial charge in [0.1, 0.15) is 0 Å². The van der Waals surface area contributed by atoms with Gasteiger partial charge >= 0.3 is 0 Å². The number of nitrogens with one attached hydrogen (secondary N) is 1. The molecule has 1 unspecified atom stereocenters. The number of hydrogen-bond acceptors (Lipinski definition) is 3. The van der Waals surface area contributed by atoms with Gasteiger partial charge in [-0.3, -0.25) is 9.89 Å². The lowest BCUT2D eigenvalue weighted by atomic mass is 10.1. The third-order valence-corrected chi connectivity index (χ3v) is 2.13. The highest BCUT2D eigenvalue weighted by molar-refractivity contribution is 5.78. The second kappa shape index (κ2) is 4.76. The summed E-state index contributed by atoms with van der Waals surface area (Å²) in [5, 5.41) is 6.52. The number of nitrogens with zero attached hydrogens (tertiary/aromatic N) is 2. The Morgan fingerprint density at radius 3 is 3.00 bits per heavy atom. The molecule has 0 aliphatic heterocycles. The number of aromatic nitrogens is 2. The van der Waals surface area contributed by atoms with Crippen molar-refractivity contribution in [3.05, 3.63) is 18.0 Å². The van der Waals surface area contributed by atoms with Crippen molar-refractivity contribution in [1.29, 1.82) is 0 Å². The van der Waals surface area contributed by atoms with Gasteiger partial charge in [-0.25, -0.2) is 0 Å². The van der Waals surface area contributed by atoms with Gasteiger partial charge in [-0.15, -0.1) is 0 Å². The number of rotatable bonds is 4. The van der Waals surface area contributed by atoms with Crippen molar-refractivity contribution >= 4 is 5.91 Å². The fraction of sp³-hybridized carbons (Fsp3) is 0.556. The van der Waals surface area contributed by atoms with E-state index in [2.05, 4.69) is 10.2 Å². The van der Waals surface area contributed by atoms with E-state index < -0.39 is 0 Å². The predicted molar refractivity (Wildman–Crippen MR) is 53.3 cm³/mol. The molecule has 1 atom stereocenters. The van der Waals surface area contributed by atoms with Crippen LogP contribution in [0, 0.1) is 5.92 Å². The van der Waals surface area contributed by atoms with E-state index in [0.29, 0.717) is 13.1 Å². The molecule has 0 saturated heterocycles. The molecular formula is C9H16N4O. The minimum absolute atomic E-state index is 0.0636. The Hall–Kier alpha value is -1.36. The minimum Gasteiger partial charge on any atom is -0.341 e. The molecule has 0 saturated carbocycles. The zero-order chi connectivity index (χ0) is 10.6. The lowest BCUT2D eigenvalue weighted by molar-refractivity contribution is -0.133. The van der Waals surface area contributed by atoms with Crippen molar-refractivity contribution in [1.82, 2.24) is 15.1 Å². The molecule has 5 heteroatoms. The molecule has 0 fully saturated rings. The molecule has 1 amide bonds. The fourth-order valence-corrected chi connectivity index (χ4v) is 1.19. The highest BCUT2D eigenvalue weighted by Gasteiger charge is 2.15. The van der Waals surface area contributed by atoms with Crippen LogP contribution in [-0.4, -0.2) is 34.6 Å². The molecule has 0 radical (unpaired) electrons. The Balaban J connectivity index is 2.50. The number of carbonyl (C=O) groups excluding carboxylic acids is 1. The number of H-pyrrole nitrogens is 1. The molecule has 78 valence electrons. The molecular weight excluding hydrogens is 180 g/mol. The summed E-state index contributed by atoms with van der Waals surface area (Å²) in [6.45, 7) is 2.78. The lowest BCUT2D eigenvalue weighted by Gasteiger charge is -2.19. The van der Waals surface area contributed by atoms with Gasteiger partial charge in [0.2, 0.25) is 5.91 Å². The quantitative estimate of drug-likeness (QED) is 0.709. The molecule has 0 bridgehead atoms. The molecule has 1 rings (SSSR count). The maximum Gasteiger partial charge on any atom is 0.226 e. The van der Waals surface area contributed by atoms with Gasteiger partial charge in [0.05, 0.1) is 6.20 Å². The second-order valence-electron chi connectivity index (χ2n) is 3.44. The van der Waals surface area contributed by atoms with E-state index in [1.54, 1.807) is 24.3 Å². The number of aromatic amines is 1. The van der Waals surface area contributed by atoms with Gasteiger partial charge < -0.3 is 10.6 Å². The number of hydrogen-bond donors (Lipinski definition) is 2. The van der Waals surface area contributed by atoms with Gasteiger partial charge in [-0.05, 0) is 0 Å². The molecule has 5 nitrogen and oxygen atoms in total. The van der Waals surface area contributed by atoms with Crippen molar-refractivity contribution in [2.45, 2.75) is 13.5 Å². The van der Waals surface area contributed by atoms with Crippen molar-refractivity contribution in [3.8, 4) is 0 Å². The van der Waals surface area contributed by atoms with Crippen molar-refractivity contribution in [2.75, 3.05) is 13.6 Å². The highest BCUT2D eigenvalue weighted by atomic mass is 16.2. The van der Waals surface area contributed by atoms with Crippen LogP contribution in [0.2, 0.25) is 0 Å². The predicted octanol–water partition coefficient (Wildman–Crippen LogP) is -0.0371. The summed E-state index contributed by atoms with van der Waals surface area (Å²) < 4.78 is 0. The summed E-state index contributed by atoms with van der Waals surface area (Å²) in [6.07, 6.45) is 3.48. The third-order valence-electron chi connectivity index (χ3n) is 2.13. The first kappa shape index (κ1) is 10.7. The molecule has 0 aliphatic rings. The van der Waals surface area contributed by atoms with Crippen LogP contribution in [0.5, 0.6) is 0 Å². The molecule has 0 spiro atoms. The molecule has 3 N–H and O–H groups in total. The Kier molecular flexibility index (Phi) is 3.64. The summed E-state index contributed by atoms with van der Waals surface area (Å²) in [5.41, 5.74) is 6.41. The lowest BCUT2D eigenvalue weighted by Crippen LogP contribution is -2.34. The topological polar surface area (TPSA) is 75.0 Å². The second-order valence-corrected chi connectivity index (χ2v) is 3.44. The van der Waals surface area contributed by atoms with Gasteiger partial charge in [0.15, 0.2) is 0 Å². The maximum absolute atomic E-state index is 11.6. The Morgan fingerprint density at radius 2 is 2.50 bits per heavy atom. The van der Waals surface area contributed by atoms with E-state index in [1.165, 1.54) is 0 Å². The molecule has 14 heavy (non-hydrogen) atoms. The molecule has 0 aliphatic carbocycles. The Morgan fingerprint density at radius 1 is 1.79 bits per heavy atom.